The lowest BCUT2D eigenvalue weighted by Crippen LogP contribution is -2.04. The fourth-order valence-corrected chi connectivity index (χ4v) is 2.87. The van der Waals surface area contributed by atoms with Crippen LogP contribution in [-0.2, 0) is 6.42 Å². The van der Waals surface area contributed by atoms with Crippen LogP contribution in [0.1, 0.15) is 22.4 Å². The monoisotopic (exact) mass is 279 g/mol. The van der Waals surface area contributed by atoms with E-state index in [0.29, 0.717) is 6.54 Å². The lowest BCUT2D eigenvalue weighted by molar-refractivity contribution is 0.939. The standard InChI is InChI=1S/C18H21N3/c1-12-4-5-15(14(3)10-12)18-16(6-8-19)20-17-11-13(2)7-9-21(17)18/h4-5,7,9-11H,6,8,19H2,1-3H3. The minimum Gasteiger partial charge on any atom is -0.330 e. The predicted molar refractivity (Wildman–Crippen MR) is 87.6 cm³/mol. The van der Waals surface area contributed by atoms with Gasteiger partial charge in [0.15, 0.2) is 0 Å². The molecule has 0 aliphatic carbocycles. The molecule has 2 aromatic heterocycles. The van der Waals surface area contributed by atoms with Crippen molar-refractivity contribution >= 4 is 5.65 Å². The number of imidazole rings is 1. The molecule has 0 amide bonds. The number of hydrogen-bond donors (Lipinski definition) is 1. The van der Waals surface area contributed by atoms with Crippen LogP contribution in [0, 0.1) is 20.8 Å². The molecule has 0 unspecified atom stereocenters. The van der Waals surface area contributed by atoms with Crippen LogP contribution in [0.15, 0.2) is 36.5 Å². The Morgan fingerprint density at radius 2 is 1.81 bits per heavy atom. The fraction of sp³-hybridized carbons (Fsp3) is 0.278. The van der Waals surface area contributed by atoms with E-state index in [1.54, 1.807) is 0 Å². The van der Waals surface area contributed by atoms with Crippen molar-refractivity contribution in [2.45, 2.75) is 27.2 Å². The summed E-state index contributed by atoms with van der Waals surface area (Å²) >= 11 is 0. The van der Waals surface area contributed by atoms with Gasteiger partial charge in [0.2, 0.25) is 0 Å². The first-order valence-corrected chi connectivity index (χ1v) is 7.35. The molecule has 0 aliphatic heterocycles. The van der Waals surface area contributed by atoms with Gasteiger partial charge in [-0.25, -0.2) is 4.98 Å². The molecule has 3 heteroatoms. The van der Waals surface area contributed by atoms with E-state index in [1.165, 1.54) is 27.9 Å². The second kappa shape index (κ2) is 5.34. The second-order valence-electron chi connectivity index (χ2n) is 5.70. The summed E-state index contributed by atoms with van der Waals surface area (Å²) < 4.78 is 2.18. The van der Waals surface area contributed by atoms with Gasteiger partial charge in [-0.3, -0.25) is 4.40 Å². The van der Waals surface area contributed by atoms with Crippen molar-refractivity contribution in [2.75, 3.05) is 6.54 Å². The minimum absolute atomic E-state index is 0.612. The molecule has 0 aliphatic rings. The summed E-state index contributed by atoms with van der Waals surface area (Å²) in [4.78, 5) is 4.79. The highest BCUT2D eigenvalue weighted by Gasteiger charge is 2.15. The maximum Gasteiger partial charge on any atom is 0.137 e. The summed E-state index contributed by atoms with van der Waals surface area (Å²) in [6.45, 7) is 6.98. The zero-order valence-corrected chi connectivity index (χ0v) is 12.9. The third-order valence-electron chi connectivity index (χ3n) is 3.87. The van der Waals surface area contributed by atoms with Gasteiger partial charge in [0.25, 0.3) is 0 Å². The number of benzene rings is 1. The van der Waals surface area contributed by atoms with Crippen LogP contribution in [0.2, 0.25) is 0 Å². The number of pyridine rings is 1. The Balaban J connectivity index is 2.30. The van der Waals surface area contributed by atoms with Gasteiger partial charge in [0, 0.05) is 18.2 Å². The van der Waals surface area contributed by atoms with Gasteiger partial charge in [-0.2, -0.15) is 0 Å². The van der Waals surface area contributed by atoms with Gasteiger partial charge in [-0.15, -0.1) is 0 Å². The molecule has 0 fully saturated rings. The van der Waals surface area contributed by atoms with E-state index in [9.17, 15) is 0 Å². The van der Waals surface area contributed by atoms with Crippen molar-refractivity contribution in [2.24, 2.45) is 5.73 Å². The van der Waals surface area contributed by atoms with Gasteiger partial charge < -0.3 is 5.73 Å². The van der Waals surface area contributed by atoms with Crippen molar-refractivity contribution in [3.8, 4) is 11.3 Å². The molecular formula is C18H21N3. The normalized spacial score (nSPS) is 11.2. The number of aromatic nitrogens is 2. The molecule has 0 saturated carbocycles. The Labute approximate surface area is 125 Å². The van der Waals surface area contributed by atoms with Gasteiger partial charge in [0.1, 0.15) is 5.65 Å². The summed E-state index contributed by atoms with van der Waals surface area (Å²) in [5, 5.41) is 0. The molecule has 21 heavy (non-hydrogen) atoms. The first-order valence-electron chi connectivity index (χ1n) is 7.35. The average molecular weight is 279 g/mol. The van der Waals surface area contributed by atoms with E-state index < -0.39 is 0 Å². The molecule has 1 aromatic carbocycles. The number of nitrogens with zero attached hydrogens (tertiary/aromatic N) is 2. The Bertz CT molecular complexity index is 800. The molecule has 0 atom stereocenters. The largest absolute Gasteiger partial charge is 0.330 e. The van der Waals surface area contributed by atoms with E-state index in [-0.39, 0.29) is 0 Å². The molecule has 108 valence electrons. The van der Waals surface area contributed by atoms with Crippen molar-refractivity contribution < 1.29 is 0 Å². The third-order valence-corrected chi connectivity index (χ3v) is 3.87. The summed E-state index contributed by atoms with van der Waals surface area (Å²) in [6, 6.07) is 10.8. The molecule has 3 rings (SSSR count). The maximum absolute atomic E-state index is 5.77. The second-order valence-corrected chi connectivity index (χ2v) is 5.70. The smallest absolute Gasteiger partial charge is 0.137 e. The first-order chi connectivity index (χ1) is 10.1. The minimum atomic E-state index is 0.612. The van der Waals surface area contributed by atoms with Gasteiger partial charge in [-0.1, -0.05) is 23.8 Å². The molecule has 3 aromatic rings. The number of nitrogens with two attached hydrogens (primary N) is 1. The van der Waals surface area contributed by atoms with Crippen LogP contribution in [0.25, 0.3) is 16.9 Å². The van der Waals surface area contributed by atoms with E-state index >= 15 is 0 Å². The van der Waals surface area contributed by atoms with Crippen LogP contribution in [-0.4, -0.2) is 15.9 Å². The molecule has 2 N–H and O–H groups in total. The van der Waals surface area contributed by atoms with Crippen LogP contribution < -0.4 is 5.73 Å². The van der Waals surface area contributed by atoms with Crippen molar-refractivity contribution in [1.82, 2.24) is 9.38 Å². The number of rotatable bonds is 3. The number of aryl methyl sites for hydroxylation is 3. The molecular weight excluding hydrogens is 258 g/mol. The molecule has 2 heterocycles. The summed E-state index contributed by atoms with van der Waals surface area (Å²) in [6.07, 6.45) is 2.90. The third kappa shape index (κ3) is 2.45. The Morgan fingerprint density at radius 3 is 2.52 bits per heavy atom. The van der Waals surface area contributed by atoms with Crippen LogP contribution in [0.4, 0.5) is 0 Å². The molecule has 0 saturated heterocycles. The SMILES string of the molecule is Cc1ccc(-c2c(CCN)nc3cc(C)ccn23)c(C)c1. The highest BCUT2D eigenvalue weighted by molar-refractivity contribution is 5.71. The van der Waals surface area contributed by atoms with E-state index in [2.05, 4.69) is 61.7 Å². The molecule has 0 radical (unpaired) electrons. The average Bonchev–Trinajstić information content (AvgIpc) is 2.76. The lowest BCUT2D eigenvalue weighted by atomic mass is 10.0. The Kier molecular flexibility index (Phi) is 3.52. The molecule has 0 spiro atoms. The van der Waals surface area contributed by atoms with Crippen molar-refractivity contribution in [3.63, 3.8) is 0 Å². The zero-order chi connectivity index (χ0) is 15.0. The summed E-state index contributed by atoms with van der Waals surface area (Å²) in [5.74, 6) is 0. The van der Waals surface area contributed by atoms with E-state index in [4.69, 9.17) is 10.7 Å². The van der Waals surface area contributed by atoms with E-state index in [0.717, 1.165) is 17.8 Å². The summed E-state index contributed by atoms with van der Waals surface area (Å²) in [7, 11) is 0. The van der Waals surface area contributed by atoms with Crippen molar-refractivity contribution in [3.05, 3.63) is 58.9 Å². The maximum atomic E-state index is 5.77. The topological polar surface area (TPSA) is 43.3 Å². The van der Waals surface area contributed by atoms with Crippen LogP contribution in [0.5, 0.6) is 0 Å². The van der Waals surface area contributed by atoms with Crippen LogP contribution in [0.3, 0.4) is 0 Å². The van der Waals surface area contributed by atoms with Gasteiger partial charge >= 0.3 is 0 Å². The molecule has 3 nitrogen and oxygen atoms in total. The Hall–Kier alpha value is -2.13. The van der Waals surface area contributed by atoms with Crippen molar-refractivity contribution in [1.29, 1.82) is 0 Å². The lowest BCUT2D eigenvalue weighted by Gasteiger charge is -2.09. The highest BCUT2D eigenvalue weighted by Crippen LogP contribution is 2.29. The molecule has 0 bridgehead atoms. The first kappa shape index (κ1) is 13.8. The Morgan fingerprint density at radius 1 is 1.05 bits per heavy atom. The van der Waals surface area contributed by atoms with Crippen LogP contribution >= 0.6 is 0 Å². The zero-order valence-electron chi connectivity index (χ0n) is 12.9. The predicted octanol–water partition coefficient (Wildman–Crippen LogP) is 3.43. The number of fused-ring (bicyclic) bond motifs is 1. The quantitative estimate of drug-likeness (QED) is 0.798. The van der Waals surface area contributed by atoms with Gasteiger partial charge in [0.05, 0.1) is 11.4 Å². The highest BCUT2D eigenvalue weighted by atomic mass is 15.0. The van der Waals surface area contributed by atoms with E-state index in [1.807, 2.05) is 0 Å². The number of hydrogen-bond acceptors (Lipinski definition) is 2. The fourth-order valence-electron chi connectivity index (χ4n) is 2.87. The summed E-state index contributed by atoms with van der Waals surface area (Å²) in [5.41, 5.74) is 14.0. The van der Waals surface area contributed by atoms with Gasteiger partial charge in [-0.05, 0) is 50.6 Å².